The summed E-state index contributed by atoms with van der Waals surface area (Å²) in [6.45, 7) is 4.70. The second-order valence-corrected chi connectivity index (χ2v) is 10.4. The Kier molecular flexibility index (Phi) is 5.99. The molecule has 0 saturated carbocycles. The molecule has 0 fully saturated rings. The standard InChI is InChI=1S/C20H21N3O4S2/c1-12(2)29(26,27)16-7-4-14(5-8-16)10-19(25)23-20-22-17-9-6-15(21-13(3)24)11-18(17)28-20/h4-9,11-12H,10H2,1-3H3,(H,21,24)(H,22,23,25). The van der Waals surface area contributed by atoms with Gasteiger partial charge in [-0.25, -0.2) is 13.4 Å². The third-order valence-corrected chi connectivity index (χ3v) is 7.30. The maximum absolute atomic E-state index is 12.3. The quantitative estimate of drug-likeness (QED) is 0.620. The third kappa shape index (κ3) is 4.99. The predicted molar refractivity (Wildman–Crippen MR) is 115 cm³/mol. The number of carbonyl (C=O) groups excluding carboxylic acids is 2. The molecular weight excluding hydrogens is 410 g/mol. The lowest BCUT2D eigenvalue weighted by Crippen LogP contribution is -2.15. The van der Waals surface area contributed by atoms with Crippen LogP contribution in [0.4, 0.5) is 10.8 Å². The second-order valence-electron chi connectivity index (χ2n) is 6.85. The van der Waals surface area contributed by atoms with E-state index in [-0.39, 0.29) is 23.1 Å². The molecule has 0 spiro atoms. The Morgan fingerprint density at radius 3 is 2.38 bits per heavy atom. The van der Waals surface area contributed by atoms with E-state index in [1.165, 1.54) is 30.4 Å². The van der Waals surface area contributed by atoms with Crippen molar-refractivity contribution >= 4 is 54.0 Å². The monoisotopic (exact) mass is 431 g/mol. The lowest BCUT2D eigenvalue weighted by atomic mass is 10.1. The molecule has 7 nitrogen and oxygen atoms in total. The van der Waals surface area contributed by atoms with Gasteiger partial charge in [0.15, 0.2) is 15.0 Å². The molecule has 1 heterocycles. The van der Waals surface area contributed by atoms with Gasteiger partial charge in [-0.3, -0.25) is 9.59 Å². The van der Waals surface area contributed by atoms with Crippen LogP contribution in [0.2, 0.25) is 0 Å². The minimum Gasteiger partial charge on any atom is -0.326 e. The molecule has 3 aromatic rings. The Bertz CT molecular complexity index is 1170. The summed E-state index contributed by atoms with van der Waals surface area (Å²) in [6, 6.07) is 11.7. The summed E-state index contributed by atoms with van der Waals surface area (Å²) in [5.74, 6) is -0.403. The van der Waals surface area contributed by atoms with Crippen molar-refractivity contribution in [2.75, 3.05) is 10.6 Å². The first-order valence-corrected chi connectivity index (χ1v) is 11.3. The number of aromatic nitrogens is 1. The first-order chi connectivity index (χ1) is 13.6. The molecule has 2 amide bonds. The SMILES string of the molecule is CC(=O)Nc1ccc2nc(NC(=O)Cc3ccc(S(=O)(=O)C(C)C)cc3)sc2c1. The van der Waals surface area contributed by atoms with E-state index >= 15 is 0 Å². The Morgan fingerprint density at radius 1 is 1.07 bits per heavy atom. The average molecular weight is 432 g/mol. The number of rotatable bonds is 6. The minimum atomic E-state index is -3.33. The molecule has 0 bridgehead atoms. The van der Waals surface area contributed by atoms with E-state index in [2.05, 4.69) is 15.6 Å². The number of nitrogens with zero attached hydrogens (tertiary/aromatic N) is 1. The number of sulfone groups is 1. The normalized spacial score (nSPS) is 11.6. The highest BCUT2D eigenvalue weighted by Crippen LogP contribution is 2.28. The van der Waals surface area contributed by atoms with Crippen molar-refractivity contribution in [1.29, 1.82) is 0 Å². The fourth-order valence-corrected chi connectivity index (χ4v) is 4.66. The molecule has 0 aliphatic heterocycles. The molecule has 0 unspecified atom stereocenters. The molecule has 152 valence electrons. The summed E-state index contributed by atoms with van der Waals surface area (Å²) in [5.41, 5.74) is 2.10. The summed E-state index contributed by atoms with van der Waals surface area (Å²) in [4.78, 5) is 28.1. The van der Waals surface area contributed by atoms with Gasteiger partial charge in [0.1, 0.15) is 0 Å². The lowest BCUT2D eigenvalue weighted by molar-refractivity contribution is -0.116. The van der Waals surface area contributed by atoms with Crippen molar-refractivity contribution in [3.63, 3.8) is 0 Å². The van der Waals surface area contributed by atoms with Crippen LogP contribution >= 0.6 is 11.3 Å². The predicted octanol–water partition coefficient (Wildman–Crippen LogP) is 3.62. The Balaban J connectivity index is 1.68. The Labute approximate surface area is 173 Å². The van der Waals surface area contributed by atoms with Crippen molar-refractivity contribution in [1.82, 2.24) is 4.98 Å². The largest absolute Gasteiger partial charge is 0.326 e. The van der Waals surface area contributed by atoms with Gasteiger partial charge in [0.05, 0.1) is 26.8 Å². The number of hydrogen-bond acceptors (Lipinski definition) is 6. The summed E-state index contributed by atoms with van der Waals surface area (Å²) < 4.78 is 25.2. The van der Waals surface area contributed by atoms with Gasteiger partial charge in [-0.15, -0.1) is 0 Å². The molecular formula is C20H21N3O4S2. The van der Waals surface area contributed by atoms with Gasteiger partial charge < -0.3 is 10.6 Å². The molecule has 1 aromatic heterocycles. The Morgan fingerprint density at radius 2 is 1.76 bits per heavy atom. The van der Waals surface area contributed by atoms with Crippen LogP contribution in [0.15, 0.2) is 47.4 Å². The second kappa shape index (κ2) is 8.30. The van der Waals surface area contributed by atoms with Crippen LogP contribution in [-0.4, -0.2) is 30.5 Å². The number of carbonyl (C=O) groups is 2. The van der Waals surface area contributed by atoms with E-state index in [4.69, 9.17) is 0 Å². The van der Waals surface area contributed by atoms with Gasteiger partial charge in [-0.1, -0.05) is 23.5 Å². The van der Waals surface area contributed by atoms with Crippen molar-refractivity contribution in [2.24, 2.45) is 0 Å². The molecule has 0 radical (unpaired) electrons. The fraction of sp³-hybridized carbons (Fsp3) is 0.250. The van der Waals surface area contributed by atoms with Gasteiger partial charge in [0.25, 0.3) is 0 Å². The number of fused-ring (bicyclic) bond motifs is 1. The highest BCUT2D eigenvalue weighted by Gasteiger charge is 2.19. The van der Waals surface area contributed by atoms with Crippen molar-refractivity contribution in [2.45, 2.75) is 37.3 Å². The van der Waals surface area contributed by atoms with E-state index in [9.17, 15) is 18.0 Å². The van der Waals surface area contributed by atoms with Gasteiger partial charge >= 0.3 is 0 Å². The summed E-state index contributed by atoms with van der Waals surface area (Å²) >= 11 is 1.31. The van der Waals surface area contributed by atoms with Crippen molar-refractivity contribution < 1.29 is 18.0 Å². The van der Waals surface area contributed by atoms with Crippen molar-refractivity contribution in [3.05, 3.63) is 48.0 Å². The smallest absolute Gasteiger partial charge is 0.230 e. The number of nitrogens with one attached hydrogen (secondary N) is 2. The van der Waals surface area contributed by atoms with Crippen LogP contribution in [-0.2, 0) is 25.8 Å². The summed E-state index contributed by atoms with van der Waals surface area (Å²) in [5, 5.41) is 5.44. The highest BCUT2D eigenvalue weighted by atomic mass is 32.2. The van der Waals surface area contributed by atoms with E-state index in [0.29, 0.717) is 16.4 Å². The van der Waals surface area contributed by atoms with E-state index in [0.717, 1.165) is 10.2 Å². The fourth-order valence-electron chi connectivity index (χ4n) is 2.68. The van der Waals surface area contributed by atoms with Crippen molar-refractivity contribution in [3.8, 4) is 0 Å². The number of anilines is 2. The van der Waals surface area contributed by atoms with Crippen LogP contribution in [0.1, 0.15) is 26.3 Å². The van der Waals surface area contributed by atoms with Gasteiger partial charge in [-0.05, 0) is 49.7 Å². The third-order valence-electron chi connectivity index (χ3n) is 4.19. The molecule has 0 atom stereocenters. The number of hydrogen-bond donors (Lipinski definition) is 2. The Hall–Kier alpha value is -2.78. The topological polar surface area (TPSA) is 105 Å². The van der Waals surface area contributed by atoms with E-state index < -0.39 is 15.1 Å². The maximum atomic E-state index is 12.3. The molecule has 29 heavy (non-hydrogen) atoms. The molecule has 0 aliphatic rings. The van der Waals surface area contributed by atoms with Crippen LogP contribution in [0, 0.1) is 0 Å². The zero-order valence-electron chi connectivity index (χ0n) is 16.2. The van der Waals surface area contributed by atoms with Crippen LogP contribution in [0.25, 0.3) is 10.2 Å². The zero-order chi connectivity index (χ0) is 21.2. The highest BCUT2D eigenvalue weighted by molar-refractivity contribution is 7.92. The van der Waals surface area contributed by atoms with Crippen LogP contribution in [0.5, 0.6) is 0 Å². The zero-order valence-corrected chi connectivity index (χ0v) is 17.9. The number of benzene rings is 2. The first-order valence-electron chi connectivity index (χ1n) is 8.96. The van der Waals surface area contributed by atoms with Crippen LogP contribution < -0.4 is 10.6 Å². The molecule has 0 saturated heterocycles. The number of thiazole rings is 1. The minimum absolute atomic E-state index is 0.106. The average Bonchev–Trinajstić information content (AvgIpc) is 3.02. The lowest BCUT2D eigenvalue weighted by Gasteiger charge is -2.08. The van der Waals surface area contributed by atoms with Crippen LogP contribution in [0.3, 0.4) is 0 Å². The molecule has 2 N–H and O–H groups in total. The molecule has 9 heteroatoms. The first kappa shape index (κ1) is 20.9. The van der Waals surface area contributed by atoms with Gasteiger partial charge in [0.2, 0.25) is 11.8 Å². The summed E-state index contributed by atoms with van der Waals surface area (Å²) in [7, 11) is -3.33. The number of amides is 2. The molecule has 0 aliphatic carbocycles. The van der Waals surface area contributed by atoms with E-state index in [1.54, 1.807) is 44.2 Å². The molecule has 3 rings (SSSR count). The van der Waals surface area contributed by atoms with Gasteiger partial charge in [-0.2, -0.15) is 0 Å². The van der Waals surface area contributed by atoms with Gasteiger partial charge in [0, 0.05) is 12.6 Å². The van der Waals surface area contributed by atoms with E-state index in [1.807, 2.05) is 0 Å². The summed E-state index contributed by atoms with van der Waals surface area (Å²) in [6.07, 6.45) is 0.106. The molecule has 2 aromatic carbocycles. The maximum Gasteiger partial charge on any atom is 0.230 e.